The van der Waals surface area contributed by atoms with Crippen molar-refractivity contribution in [3.8, 4) is 5.75 Å². The third-order valence-electron chi connectivity index (χ3n) is 2.91. The van der Waals surface area contributed by atoms with Crippen LogP contribution in [0, 0.1) is 5.82 Å². The molecule has 1 aliphatic heterocycles. The average Bonchev–Trinajstić information content (AvgIpc) is 2.46. The van der Waals surface area contributed by atoms with E-state index in [1.54, 1.807) is 6.08 Å². The Morgan fingerprint density at radius 2 is 2.25 bits per heavy atom. The van der Waals surface area contributed by atoms with Gasteiger partial charge >= 0.3 is 0 Å². The lowest BCUT2D eigenvalue weighted by Crippen LogP contribution is -2.37. The van der Waals surface area contributed by atoms with Crippen LogP contribution in [0.2, 0.25) is 0 Å². The van der Waals surface area contributed by atoms with Gasteiger partial charge in [-0.05, 0) is 30.7 Å². The van der Waals surface area contributed by atoms with Gasteiger partial charge in [0.1, 0.15) is 11.6 Å². The van der Waals surface area contributed by atoms with Gasteiger partial charge in [-0.2, -0.15) is 0 Å². The van der Waals surface area contributed by atoms with Crippen molar-refractivity contribution in [1.29, 1.82) is 0 Å². The Labute approximate surface area is 116 Å². The van der Waals surface area contributed by atoms with E-state index in [1.807, 2.05) is 0 Å². The summed E-state index contributed by atoms with van der Waals surface area (Å²) in [5.74, 6) is -0.803. The van der Waals surface area contributed by atoms with Crippen LogP contribution in [-0.2, 0) is 9.59 Å². The molecule has 1 aromatic rings. The van der Waals surface area contributed by atoms with E-state index in [1.165, 1.54) is 43.5 Å². The average molecular weight is 275 g/mol. The number of ether oxygens (including phenoxy) is 1. The van der Waals surface area contributed by atoms with Crippen molar-refractivity contribution >= 4 is 17.9 Å². The van der Waals surface area contributed by atoms with Crippen molar-refractivity contribution in [3.63, 3.8) is 0 Å². The van der Waals surface area contributed by atoms with Gasteiger partial charge in [0.15, 0.2) is 0 Å². The highest BCUT2D eigenvalue weighted by molar-refractivity contribution is 6.07. The molecule has 1 aromatic carbocycles. The van der Waals surface area contributed by atoms with Gasteiger partial charge in [-0.15, -0.1) is 0 Å². The zero-order chi connectivity index (χ0) is 14.5. The molecule has 104 valence electrons. The van der Waals surface area contributed by atoms with E-state index in [-0.39, 0.29) is 5.91 Å². The zero-order valence-electron chi connectivity index (χ0n) is 11.0. The molecule has 1 heterocycles. The van der Waals surface area contributed by atoms with Gasteiger partial charge in [0.25, 0.3) is 11.8 Å². The summed E-state index contributed by atoms with van der Waals surface area (Å²) in [5.41, 5.74) is 0.572. The second kappa shape index (κ2) is 6.14. The minimum absolute atomic E-state index is 0.322. The van der Waals surface area contributed by atoms with Gasteiger partial charge in [-0.1, -0.05) is 6.08 Å². The Hall–Kier alpha value is -2.43. The van der Waals surface area contributed by atoms with Crippen LogP contribution < -0.4 is 4.74 Å². The topological polar surface area (TPSA) is 46.6 Å². The van der Waals surface area contributed by atoms with E-state index >= 15 is 0 Å². The molecule has 0 spiro atoms. The maximum atomic E-state index is 13.0. The first-order chi connectivity index (χ1) is 9.61. The number of rotatable bonds is 3. The Morgan fingerprint density at radius 1 is 1.45 bits per heavy atom. The minimum atomic E-state index is -0.415. The van der Waals surface area contributed by atoms with Crippen LogP contribution in [0.5, 0.6) is 5.75 Å². The summed E-state index contributed by atoms with van der Waals surface area (Å²) in [6, 6.07) is 4.02. The van der Waals surface area contributed by atoms with Gasteiger partial charge in [0.2, 0.25) is 0 Å². The fourth-order valence-electron chi connectivity index (χ4n) is 1.88. The molecule has 20 heavy (non-hydrogen) atoms. The van der Waals surface area contributed by atoms with E-state index in [0.29, 0.717) is 24.3 Å². The van der Waals surface area contributed by atoms with Gasteiger partial charge in [-0.3, -0.25) is 14.5 Å². The largest absolute Gasteiger partial charge is 0.496 e. The lowest BCUT2D eigenvalue weighted by molar-refractivity contribution is -0.139. The first kappa shape index (κ1) is 14.0. The molecule has 0 bridgehead atoms. The number of hydrogen-bond acceptors (Lipinski definition) is 3. The van der Waals surface area contributed by atoms with Crippen LogP contribution in [0.15, 0.2) is 36.4 Å². The highest BCUT2D eigenvalue weighted by Crippen LogP contribution is 2.21. The van der Waals surface area contributed by atoms with Crippen molar-refractivity contribution in [1.82, 2.24) is 4.90 Å². The van der Waals surface area contributed by atoms with Crippen molar-refractivity contribution in [2.75, 3.05) is 13.7 Å². The summed E-state index contributed by atoms with van der Waals surface area (Å²) in [6.45, 7) is 0.374. The highest BCUT2D eigenvalue weighted by Gasteiger charge is 2.18. The van der Waals surface area contributed by atoms with Gasteiger partial charge in [-0.25, -0.2) is 4.39 Å². The van der Waals surface area contributed by atoms with Crippen LogP contribution in [0.3, 0.4) is 0 Å². The fourth-order valence-corrected chi connectivity index (χ4v) is 1.88. The van der Waals surface area contributed by atoms with E-state index in [9.17, 15) is 14.0 Å². The number of amides is 2. The van der Waals surface area contributed by atoms with Gasteiger partial charge in [0.05, 0.1) is 7.11 Å². The smallest absolute Gasteiger partial charge is 0.253 e. The fraction of sp³-hybridized carbons (Fsp3) is 0.200. The molecular weight excluding hydrogens is 261 g/mol. The van der Waals surface area contributed by atoms with E-state index in [0.717, 1.165) is 4.90 Å². The summed E-state index contributed by atoms with van der Waals surface area (Å²) >= 11 is 0. The number of imide groups is 1. The predicted molar refractivity (Wildman–Crippen MR) is 72.5 cm³/mol. The van der Waals surface area contributed by atoms with Crippen molar-refractivity contribution in [2.45, 2.75) is 6.42 Å². The van der Waals surface area contributed by atoms with Crippen LogP contribution in [-0.4, -0.2) is 30.4 Å². The van der Waals surface area contributed by atoms with Crippen LogP contribution in [0.1, 0.15) is 12.0 Å². The van der Waals surface area contributed by atoms with E-state index in [2.05, 4.69) is 0 Å². The molecule has 0 saturated heterocycles. The molecule has 1 aliphatic rings. The van der Waals surface area contributed by atoms with E-state index < -0.39 is 11.7 Å². The lowest BCUT2D eigenvalue weighted by Gasteiger charge is -2.19. The molecule has 0 aromatic heterocycles. The Morgan fingerprint density at radius 3 is 2.95 bits per heavy atom. The molecule has 5 heteroatoms. The number of methoxy groups -OCH3 is 1. The number of carbonyl (C=O) groups is 2. The normalized spacial score (nSPS) is 14.9. The molecule has 2 rings (SSSR count). The SMILES string of the molecule is COc1cc(F)ccc1/C=C/C(=O)N1CCC=CC1=O. The third kappa shape index (κ3) is 3.12. The number of benzene rings is 1. The number of carbonyl (C=O) groups excluding carboxylic acids is 2. The second-order valence-electron chi connectivity index (χ2n) is 4.24. The molecular formula is C15H14FNO3. The van der Waals surface area contributed by atoms with Crippen molar-refractivity contribution in [2.24, 2.45) is 0 Å². The summed E-state index contributed by atoms with van der Waals surface area (Å²) in [7, 11) is 1.42. The molecule has 0 N–H and O–H groups in total. The molecule has 0 radical (unpaired) electrons. The second-order valence-corrected chi connectivity index (χ2v) is 4.24. The monoisotopic (exact) mass is 275 g/mol. The molecule has 0 saturated carbocycles. The number of halogens is 1. The van der Waals surface area contributed by atoms with Crippen molar-refractivity contribution < 1.29 is 18.7 Å². The molecule has 4 nitrogen and oxygen atoms in total. The minimum Gasteiger partial charge on any atom is -0.496 e. The summed E-state index contributed by atoms with van der Waals surface area (Å²) in [6.07, 6.45) is 6.57. The maximum absolute atomic E-state index is 13.0. The number of hydrogen-bond donors (Lipinski definition) is 0. The van der Waals surface area contributed by atoms with Gasteiger partial charge < -0.3 is 4.74 Å². The van der Waals surface area contributed by atoms with Crippen LogP contribution in [0.4, 0.5) is 4.39 Å². The van der Waals surface area contributed by atoms with Crippen LogP contribution >= 0.6 is 0 Å². The molecule has 2 amide bonds. The molecule has 0 fully saturated rings. The Bertz CT molecular complexity index is 593. The number of nitrogens with zero attached hydrogens (tertiary/aromatic N) is 1. The lowest BCUT2D eigenvalue weighted by atomic mass is 10.1. The summed E-state index contributed by atoms with van der Waals surface area (Å²) < 4.78 is 18.1. The summed E-state index contributed by atoms with van der Waals surface area (Å²) in [5, 5.41) is 0. The Balaban J connectivity index is 2.15. The van der Waals surface area contributed by atoms with Crippen molar-refractivity contribution in [3.05, 3.63) is 47.8 Å². The molecule has 0 unspecified atom stereocenters. The zero-order valence-corrected chi connectivity index (χ0v) is 11.0. The predicted octanol–water partition coefficient (Wildman–Crippen LogP) is 2.16. The summed E-state index contributed by atoms with van der Waals surface area (Å²) in [4.78, 5) is 24.6. The van der Waals surface area contributed by atoms with Gasteiger partial charge in [0, 0.05) is 24.3 Å². The van der Waals surface area contributed by atoms with E-state index in [4.69, 9.17) is 4.74 Å². The third-order valence-corrected chi connectivity index (χ3v) is 2.91. The molecule has 0 aliphatic carbocycles. The first-order valence-corrected chi connectivity index (χ1v) is 6.15. The highest BCUT2D eigenvalue weighted by atomic mass is 19.1. The first-order valence-electron chi connectivity index (χ1n) is 6.15. The Kier molecular flexibility index (Phi) is 4.30. The van der Waals surface area contributed by atoms with Crippen LogP contribution in [0.25, 0.3) is 6.08 Å². The maximum Gasteiger partial charge on any atom is 0.253 e. The standard InChI is InChI=1S/C15H14FNO3/c1-20-13-10-12(16)7-5-11(13)6-8-15(19)17-9-3-2-4-14(17)18/h2,4-8,10H,3,9H2,1H3/b8-6+. The quantitative estimate of drug-likeness (QED) is 0.794. The molecule has 0 atom stereocenters.